The largest absolute Gasteiger partial charge is 0.449 e. The third-order valence-electron chi connectivity index (χ3n) is 2.63. The fraction of sp³-hybridized carbons (Fsp3) is 0.867. The first-order valence-electron chi connectivity index (χ1n) is 7.61. The number of nitrogens with one attached hydrogen (secondary N) is 2. The summed E-state index contributed by atoms with van der Waals surface area (Å²) >= 11 is 0. The van der Waals surface area contributed by atoms with E-state index >= 15 is 0 Å². The van der Waals surface area contributed by atoms with Gasteiger partial charge in [0.1, 0.15) is 6.10 Å². The molecule has 0 radical (unpaired) electrons. The molecule has 0 aliphatic rings. The predicted octanol–water partition coefficient (Wildman–Crippen LogP) is 3.06. The average Bonchev–Trinajstić information content (AvgIpc) is 2.32. The molecule has 0 aliphatic carbocycles. The quantitative estimate of drug-likeness (QED) is 0.722. The number of alkyl carbamates (subject to hydrolysis) is 2. The van der Waals surface area contributed by atoms with Crippen molar-refractivity contribution >= 4 is 12.2 Å². The number of carbonyl (C=O) groups is 2. The van der Waals surface area contributed by atoms with Crippen molar-refractivity contribution in [2.24, 2.45) is 5.92 Å². The van der Waals surface area contributed by atoms with E-state index < -0.39 is 12.2 Å². The Balaban J connectivity index is 3.83. The summed E-state index contributed by atoms with van der Waals surface area (Å²) in [6, 6.07) is 0.0323. The highest BCUT2D eigenvalue weighted by Crippen LogP contribution is 2.06. The van der Waals surface area contributed by atoms with E-state index in [2.05, 4.69) is 10.6 Å². The topological polar surface area (TPSA) is 76.7 Å². The van der Waals surface area contributed by atoms with Crippen LogP contribution in [0.5, 0.6) is 0 Å². The lowest BCUT2D eigenvalue weighted by atomic mass is 10.1. The lowest BCUT2D eigenvalue weighted by Gasteiger charge is -2.18. The van der Waals surface area contributed by atoms with Crippen molar-refractivity contribution in [1.29, 1.82) is 0 Å². The molecule has 0 aliphatic heterocycles. The van der Waals surface area contributed by atoms with E-state index in [1.54, 1.807) is 0 Å². The molecule has 0 spiro atoms. The molecule has 0 bridgehead atoms. The highest BCUT2D eigenvalue weighted by Gasteiger charge is 2.14. The molecule has 0 rings (SSSR count). The van der Waals surface area contributed by atoms with Crippen LogP contribution in [0.4, 0.5) is 9.59 Å². The summed E-state index contributed by atoms with van der Waals surface area (Å²) in [7, 11) is 0. The fourth-order valence-electron chi connectivity index (χ4n) is 1.55. The van der Waals surface area contributed by atoms with Crippen molar-refractivity contribution in [2.75, 3.05) is 6.61 Å². The van der Waals surface area contributed by atoms with E-state index in [0.717, 1.165) is 0 Å². The Hall–Kier alpha value is -1.46. The van der Waals surface area contributed by atoms with Gasteiger partial charge >= 0.3 is 12.2 Å². The minimum Gasteiger partial charge on any atom is -0.449 e. The average molecular weight is 302 g/mol. The molecule has 0 aromatic carbocycles. The maximum atomic E-state index is 11.5. The van der Waals surface area contributed by atoms with Gasteiger partial charge in [0.25, 0.3) is 0 Å². The minimum atomic E-state index is -0.408. The van der Waals surface area contributed by atoms with Gasteiger partial charge in [-0.1, -0.05) is 13.8 Å². The van der Waals surface area contributed by atoms with Crippen molar-refractivity contribution in [3.63, 3.8) is 0 Å². The molecule has 0 saturated carbocycles. The Morgan fingerprint density at radius 3 is 2.05 bits per heavy atom. The maximum Gasteiger partial charge on any atom is 0.407 e. The molecule has 0 fully saturated rings. The molecule has 0 heterocycles. The second-order valence-corrected chi connectivity index (χ2v) is 6.13. The summed E-state index contributed by atoms with van der Waals surface area (Å²) in [5, 5.41) is 5.43. The monoisotopic (exact) mass is 302 g/mol. The molecule has 2 atom stereocenters. The third-order valence-corrected chi connectivity index (χ3v) is 2.63. The maximum absolute atomic E-state index is 11.5. The summed E-state index contributed by atoms with van der Waals surface area (Å²) in [6.45, 7) is 11.9. The smallest absolute Gasteiger partial charge is 0.407 e. The van der Waals surface area contributed by atoms with Gasteiger partial charge in [0.15, 0.2) is 0 Å². The molecule has 0 aromatic heterocycles. The number of ether oxygens (including phenoxy) is 2. The minimum absolute atomic E-state index is 0.0242. The van der Waals surface area contributed by atoms with Crippen LogP contribution in [0.1, 0.15) is 54.4 Å². The highest BCUT2D eigenvalue weighted by atomic mass is 16.6. The molecule has 2 amide bonds. The van der Waals surface area contributed by atoms with Gasteiger partial charge in [-0.15, -0.1) is 0 Å². The van der Waals surface area contributed by atoms with Crippen LogP contribution in [0.15, 0.2) is 0 Å². The molecular formula is C15H30N2O4. The molecule has 21 heavy (non-hydrogen) atoms. The van der Waals surface area contributed by atoms with E-state index in [0.29, 0.717) is 25.4 Å². The van der Waals surface area contributed by atoms with Crippen molar-refractivity contribution in [3.05, 3.63) is 0 Å². The number of amides is 2. The lowest BCUT2D eigenvalue weighted by molar-refractivity contribution is 0.0960. The third kappa shape index (κ3) is 12.0. The summed E-state index contributed by atoms with van der Waals surface area (Å²) in [5.41, 5.74) is 0. The molecule has 6 nitrogen and oxygen atoms in total. The van der Waals surface area contributed by atoms with Gasteiger partial charge < -0.3 is 20.1 Å². The van der Waals surface area contributed by atoms with Crippen LogP contribution in [0, 0.1) is 5.92 Å². The van der Waals surface area contributed by atoms with Crippen LogP contribution in [0.25, 0.3) is 0 Å². The summed E-state index contributed by atoms with van der Waals surface area (Å²) < 4.78 is 10.2. The lowest BCUT2D eigenvalue weighted by Crippen LogP contribution is -2.35. The summed E-state index contributed by atoms with van der Waals surface area (Å²) in [4.78, 5) is 22.9. The van der Waals surface area contributed by atoms with Gasteiger partial charge in [-0.05, 0) is 46.5 Å². The SMILES string of the molecule is CC(C)COC(=O)NC(C)CCC(C)OC(=O)NC(C)C. The zero-order chi connectivity index (χ0) is 16.4. The molecule has 2 unspecified atom stereocenters. The predicted molar refractivity (Wildman–Crippen MR) is 82.2 cm³/mol. The van der Waals surface area contributed by atoms with Crippen LogP contribution in [0.3, 0.4) is 0 Å². The standard InChI is InChI=1S/C15H30N2O4/c1-10(2)9-20-14(18)17-12(5)7-8-13(6)21-15(19)16-11(3)4/h10-13H,7-9H2,1-6H3,(H,16,19)(H,17,18). The van der Waals surface area contributed by atoms with Crippen molar-refractivity contribution in [2.45, 2.75) is 72.6 Å². The zero-order valence-electron chi connectivity index (χ0n) is 14.1. The van der Waals surface area contributed by atoms with Crippen molar-refractivity contribution in [3.8, 4) is 0 Å². The Morgan fingerprint density at radius 2 is 1.52 bits per heavy atom. The van der Waals surface area contributed by atoms with E-state index in [-0.39, 0.29) is 18.2 Å². The van der Waals surface area contributed by atoms with Gasteiger partial charge in [0.05, 0.1) is 6.61 Å². The Kier molecular flexibility index (Phi) is 9.58. The van der Waals surface area contributed by atoms with Gasteiger partial charge in [0, 0.05) is 12.1 Å². The molecule has 124 valence electrons. The normalized spacial score (nSPS) is 13.7. The van der Waals surface area contributed by atoms with Crippen LogP contribution in [-0.2, 0) is 9.47 Å². The Bertz CT molecular complexity index is 319. The number of carbonyl (C=O) groups excluding carboxylic acids is 2. The van der Waals surface area contributed by atoms with Crippen LogP contribution >= 0.6 is 0 Å². The van der Waals surface area contributed by atoms with Gasteiger partial charge in [-0.2, -0.15) is 0 Å². The van der Waals surface area contributed by atoms with Crippen LogP contribution < -0.4 is 10.6 Å². The summed E-state index contributed by atoms with van der Waals surface area (Å²) in [5.74, 6) is 0.318. The van der Waals surface area contributed by atoms with E-state index in [4.69, 9.17) is 9.47 Å². The van der Waals surface area contributed by atoms with E-state index in [1.807, 2.05) is 41.5 Å². The first-order valence-corrected chi connectivity index (χ1v) is 7.61. The molecule has 2 N–H and O–H groups in total. The first-order chi connectivity index (χ1) is 9.70. The Morgan fingerprint density at radius 1 is 0.905 bits per heavy atom. The van der Waals surface area contributed by atoms with Gasteiger partial charge in [0.2, 0.25) is 0 Å². The molecule has 0 aromatic rings. The van der Waals surface area contributed by atoms with Crippen molar-refractivity contribution in [1.82, 2.24) is 10.6 Å². The van der Waals surface area contributed by atoms with E-state index in [9.17, 15) is 9.59 Å². The Labute approximate surface area is 127 Å². The van der Waals surface area contributed by atoms with Crippen molar-refractivity contribution < 1.29 is 19.1 Å². The highest BCUT2D eigenvalue weighted by molar-refractivity contribution is 5.68. The molecule has 6 heteroatoms. The number of hydrogen-bond donors (Lipinski definition) is 2. The van der Waals surface area contributed by atoms with Crippen LogP contribution in [0.2, 0.25) is 0 Å². The van der Waals surface area contributed by atoms with E-state index in [1.165, 1.54) is 0 Å². The summed E-state index contributed by atoms with van der Waals surface area (Å²) in [6.07, 6.45) is 0.390. The van der Waals surface area contributed by atoms with Gasteiger partial charge in [-0.25, -0.2) is 9.59 Å². The van der Waals surface area contributed by atoms with Crippen LogP contribution in [-0.4, -0.2) is 37.0 Å². The zero-order valence-corrected chi connectivity index (χ0v) is 14.1. The number of rotatable bonds is 8. The van der Waals surface area contributed by atoms with Gasteiger partial charge in [-0.3, -0.25) is 0 Å². The number of hydrogen-bond acceptors (Lipinski definition) is 4. The molecule has 0 saturated heterocycles. The molecular weight excluding hydrogens is 272 g/mol. The second-order valence-electron chi connectivity index (χ2n) is 6.13. The fourth-order valence-corrected chi connectivity index (χ4v) is 1.55. The first kappa shape index (κ1) is 19.5. The second kappa shape index (κ2) is 10.3.